The van der Waals surface area contributed by atoms with E-state index in [2.05, 4.69) is 42.7 Å². The van der Waals surface area contributed by atoms with E-state index < -0.39 is 0 Å². The molecule has 1 unspecified atom stereocenters. The number of anilines is 1. The van der Waals surface area contributed by atoms with Gasteiger partial charge in [-0.2, -0.15) is 11.8 Å². The summed E-state index contributed by atoms with van der Waals surface area (Å²) in [4.78, 5) is 9.02. The Labute approximate surface area is 136 Å². The molecule has 5 heteroatoms. The van der Waals surface area contributed by atoms with Crippen molar-refractivity contribution in [3.8, 4) is 0 Å². The van der Waals surface area contributed by atoms with Crippen LogP contribution in [-0.4, -0.2) is 35.1 Å². The number of nitrogens with zero attached hydrogens (tertiary/aromatic N) is 2. The molecule has 2 heterocycles. The maximum Gasteiger partial charge on any atom is 0.185 e. The Morgan fingerprint density at radius 1 is 1.43 bits per heavy atom. The number of thiazole rings is 1. The molecule has 1 aliphatic heterocycles. The van der Waals surface area contributed by atoms with E-state index >= 15 is 0 Å². The van der Waals surface area contributed by atoms with Gasteiger partial charge < -0.3 is 10.2 Å². The number of aromatic nitrogens is 1. The van der Waals surface area contributed by atoms with Crippen LogP contribution in [-0.2, 0) is 6.42 Å². The normalized spacial score (nSPS) is 24.9. The third kappa shape index (κ3) is 3.57. The molecule has 1 N–H and O–H groups in total. The summed E-state index contributed by atoms with van der Waals surface area (Å²) in [6, 6.07) is 0.548. The van der Waals surface area contributed by atoms with Gasteiger partial charge in [0.1, 0.15) is 0 Å². The van der Waals surface area contributed by atoms with Crippen molar-refractivity contribution >= 4 is 28.2 Å². The van der Waals surface area contributed by atoms with E-state index in [-0.39, 0.29) is 0 Å². The molecule has 3 rings (SSSR count). The van der Waals surface area contributed by atoms with Crippen LogP contribution in [0.4, 0.5) is 5.13 Å². The predicted octanol–water partition coefficient (Wildman–Crippen LogP) is 3.85. The highest BCUT2D eigenvalue weighted by Crippen LogP contribution is 2.40. The Kier molecular flexibility index (Phi) is 4.81. The molecule has 0 aromatic carbocycles. The van der Waals surface area contributed by atoms with Gasteiger partial charge in [0, 0.05) is 34.5 Å². The molecule has 118 valence electrons. The maximum atomic E-state index is 4.99. The van der Waals surface area contributed by atoms with E-state index in [9.17, 15) is 0 Å². The van der Waals surface area contributed by atoms with Crippen molar-refractivity contribution in [1.82, 2.24) is 10.3 Å². The molecular weight excluding hydrogens is 298 g/mol. The lowest BCUT2D eigenvalue weighted by atomic mass is 9.98. The monoisotopic (exact) mass is 325 g/mol. The molecule has 0 radical (unpaired) electrons. The van der Waals surface area contributed by atoms with Crippen LogP contribution in [0.3, 0.4) is 0 Å². The largest absolute Gasteiger partial charge is 0.346 e. The lowest BCUT2D eigenvalue weighted by Crippen LogP contribution is -2.43. The fourth-order valence-electron chi connectivity index (χ4n) is 3.24. The molecule has 1 aromatic rings. The number of nitrogens with one attached hydrogen (secondary N) is 1. The van der Waals surface area contributed by atoms with Crippen molar-refractivity contribution in [3.63, 3.8) is 0 Å². The van der Waals surface area contributed by atoms with Crippen LogP contribution in [0.1, 0.15) is 56.6 Å². The van der Waals surface area contributed by atoms with E-state index in [0.717, 1.165) is 19.6 Å². The SMILES string of the molecule is CCCNC1CCCc2nc(N3CCSC(C)(C)C3)sc21. The van der Waals surface area contributed by atoms with Gasteiger partial charge in [-0.25, -0.2) is 4.98 Å². The Morgan fingerprint density at radius 2 is 2.29 bits per heavy atom. The third-order valence-corrected chi connectivity index (χ3v) is 6.85. The Bertz CT molecular complexity index is 484. The van der Waals surface area contributed by atoms with Crippen molar-refractivity contribution in [2.75, 3.05) is 30.3 Å². The molecule has 2 aliphatic rings. The van der Waals surface area contributed by atoms with Crippen molar-refractivity contribution < 1.29 is 0 Å². The van der Waals surface area contributed by atoms with Crippen LogP contribution in [0.2, 0.25) is 0 Å². The van der Waals surface area contributed by atoms with E-state index in [0.29, 0.717) is 10.8 Å². The van der Waals surface area contributed by atoms with Crippen LogP contribution in [0.15, 0.2) is 0 Å². The molecule has 1 aromatic heterocycles. The van der Waals surface area contributed by atoms with Crippen LogP contribution in [0.5, 0.6) is 0 Å². The first-order chi connectivity index (χ1) is 10.1. The van der Waals surface area contributed by atoms with E-state index in [1.54, 1.807) is 0 Å². The number of fused-ring (bicyclic) bond motifs is 1. The zero-order valence-corrected chi connectivity index (χ0v) is 15.1. The molecule has 1 atom stereocenters. The summed E-state index contributed by atoms with van der Waals surface area (Å²) < 4.78 is 0.351. The lowest BCUT2D eigenvalue weighted by Gasteiger charge is -2.37. The molecule has 0 spiro atoms. The molecular formula is C16H27N3S2. The second-order valence-corrected chi connectivity index (χ2v) is 9.55. The summed E-state index contributed by atoms with van der Waals surface area (Å²) in [6.07, 6.45) is 4.92. The highest BCUT2D eigenvalue weighted by molar-refractivity contribution is 8.00. The van der Waals surface area contributed by atoms with Crippen LogP contribution in [0, 0.1) is 0 Å². The van der Waals surface area contributed by atoms with E-state index in [4.69, 9.17) is 4.98 Å². The maximum absolute atomic E-state index is 4.99. The highest BCUT2D eigenvalue weighted by Gasteiger charge is 2.31. The van der Waals surface area contributed by atoms with E-state index in [1.807, 2.05) is 11.3 Å². The number of hydrogen-bond donors (Lipinski definition) is 1. The number of aryl methyl sites for hydroxylation is 1. The van der Waals surface area contributed by atoms with Crippen molar-refractivity contribution in [3.05, 3.63) is 10.6 Å². The first-order valence-corrected chi connectivity index (χ1v) is 10.0. The standard InChI is InChI=1S/C16H27N3S2/c1-4-8-17-12-6-5-7-13-14(12)21-15(18-13)19-9-10-20-16(2,3)11-19/h12,17H,4-11H2,1-3H3. The zero-order valence-electron chi connectivity index (χ0n) is 13.4. The van der Waals surface area contributed by atoms with Crippen LogP contribution < -0.4 is 10.2 Å². The fraction of sp³-hybridized carbons (Fsp3) is 0.812. The smallest absolute Gasteiger partial charge is 0.185 e. The van der Waals surface area contributed by atoms with Crippen LogP contribution >= 0.6 is 23.1 Å². The van der Waals surface area contributed by atoms with Gasteiger partial charge in [0.2, 0.25) is 0 Å². The number of thioether (sulfide) groups is 1. The minimum atomic E-state index is 0.351. The first-order valence-electron chi connectivity index (χ1n) is 8.21. The molecule has 0 amide bonds. The van der Waals surface area contributed by atoms with Crippen molar-refractivity contribution in [1.29, 1.82) is 0 Å². The van der Waals surface area contributed by atoms with Gasteiger partial charge >= 0.3 is 0 Å². The third-order valence-electron chi connectivity index (χ3n) is 4.28. The highest BCUT2D eigenvalue weighted by atomic mass is 32.2. The summed E-state index contributed by atoms with van der Waals surface area (Å²) in [5, 5.41) is 4.97. The molecule has 1 saturated heterocycles. The van der Waals surface area contributed by atoms with Crippen molar-refractivity contribution in [2.24, 2.45) is 0 Å². The minimum absolute atomic E-state index is 0.351. The average molecular weight is 326 g/mol. The van der Waals surface area contributed by atoms with Gasteiger partial charge in [-0.05, 0) is 46.1 Å². The second-order valence-electron chi connectivity index (χ2n) is 6.74. The second kappa shape index (κ2) is 6.47. The predicted molar refractivity (Wildman–Crippen MR) is 94.8 cm³/mol. The average Bonchev–Trinajstić information content (AvgIpc) is 2.88. The molecule has 0 saturated carbocycles. The summed E-state index contributed by atoms with van der Waals surface area (Å²) in [5.74, 6) is 1.22. The minimum Gasteiger partial charge on any atom is -0.346 e. The van der Waals surface area contributed by atoms with Gasteiger partial charge in [0.25, 0.3) is 0 Å². The molecule has 3 nitrogen and oxygen atoms in total. The quantitative estimate of drug-likeness (QED) is 0.910. The van der Waals surface area contributed by atoms with Gasteiger partial charge in [-0.3, -0.25) is 0 Å². The van der Waals surface area contributed by atoms with Gasteiger partial charge in [-0.15, -0.1) is 0 Å². The van der Waals surface area contributed by atoms with Crippen LogP contribution in [0.25, 0.3) is 0 Å². The molecule has 0 bridgehead atoms. The summed E-state index contributed by atoms with van der Waals surface area (Å²) >= 11 is 4.03. The summed E-state index contributed by atoms with van der Waals surface area (Å²) in [6.45, 7) is 10.3. The topological polar surface area (TPSA) is 28.2 Å². The zero-order chi connectivity index (χ0) is 14.9. The Balaban J connectivity index is 1.77. The molecule has 1 aliphatic carbocycles. The number of hydrogen-bond acceptors (Lipinski definition) is 5. The first kappa shape index (κ1) is 15.6. The Hall–Kier alpha value is -0.260. The van der Waals surface area contributed by atoms with E-state index in [1.165, 1.54) is 47.1 Å². The summed E-state index contributed by atoms with van der Waals surface area (Å²) in [5.41, 5.74) is 1.37. The van der Waals surface area contributed by atoms with Gasteiger partial charge in [0.05, 0.1) is 5.69 Å². The fourth-order valence-corrected chi connectivity index (χ4v) is 5.59. The molecule has 21 heavy (non-hydrogen) atoms. The molecule has 1 fully saturated rings. The lowest BCUT2D eigenvalue weighted by molar-refractivity contribution is 0.464. The Morgan fingerprint density at radius 3 is 3.05 bits per heavy atom. The van der Waals surface area contributed by atoms with Crippen molar-refractivity contribution in [2.45, 2.75) is 57.2 Å². The number of rotatable bonds is 4. The van der Waals surface area contributed by atoms with Gasteiger partial charge in [0.15, 0.2) is 5.13 Å². The summed E-state index contributed by atoms with van der Waals surface area (Å²) in [7, 11) is 0. The van der Waals surface area contributed by atoms with Gasteiger partial charge in [-0.1, -0.05) is 18.3 Å².